The summed E-state index contributed by atoms with van der Waals surface area (Å²) in [6.07, 6.45) is 6.12. The number of hydrogen-bond acceptors (Lipinski definition) is 2. The van der Waals surface area contributed by atoms with Crippen molar-refractivity contribution in [3.05, 3.63) is 95.6 Å². The fourth-order valence-corrected chi connectivity index (χ4v) is 6.89. The topological polar surface area (TPSA) is 32.3 Å². The fourth-order valence-electron chi connectivity index (χ4n) is 5.43. The summed E-state index contributed by atoms with van der Waals surface area (Å²) in [5, 5.41) is 3.50. The molecule has 1 N–H and O–H groups in total. The smallest absolute Gasteiger partial charge is 0.307 e. The van der Waals surface area contributed by atoms with E-state index in [0.29, 0.717) is 17.8 Å². The van der Waals surface area contributed by atoms with Gasteiger partial charge >= 0.3 is 6.03 Å². The molecule has 1 aliphatic carbocycles. The van der Waals surface area contributed by atoms with Crippen LogP contribution in [0.25, 0.3) is 0 Å². The Morgan fingerprint density at radius 2 is 1.38 bits per heavy atom. The normalized spacial score (nSPS) is 15.1. The first-order valence-electron chi connectivity index (χ1n) is 13.9. The van der Waals surface area contributed by atoms with Crippen molar-refractivity contribution in [2.24, 2.45) is 5.92 Å². The van der Waals surface area contributed by atoms with Gasteiger partial charge in [-0.3, -0.25) is 4.90 Å². The van der Waals surface area contributed by atoms with Gasteiger partial charge in [0.15, 0.2) is 0 Å². The molecule has 1 fully saturated rings. The third kappa shape index (κ3) is 6.98. The first kappa shape index (κ1) is 27.3. The molecular formula is C33H42N2OS. The number of carbonyl (C=O) groups excluding carboxylic acids is 1. The number of carbonyl (C=O) groups is 1. The summed E-state index contributed by atoms with van der Waals surface area (Å²) in [7, 11) is 0. The molecule has 0 aromatic heterocycles. The standard InChI is InChI=1S/C33H42N2OS/c1-24(2)29-21-14-22-30(25(3)4)31(29)34-33(36)35(28-19-12-7-13-20-28)32(27-17-10-6-11-18-27)37-23-26-15-8-5-9-16-26/h5,7-9,12-16,19-22,24-25,27,32H,6,10-11,17-18,23H2,1-4H3,(H,34,36). The lowest BCUT2D eigenvalue weighted by atomic mass is 9.88. The Hall–Kier alpha value is -2.72. The summed E-state index contributed by atoms with van der Waals surface area (Å²) in [6.45, 7) is 8.80. The Morgan fingerprint density at radius 1 is 0.811 bits per heavy atom. The number of nitrogens with one attached hydrogen (secondary N) is 1. The van der Waals surface area contributed by atoms with Crippen LogP contribution in [0.4, 0.5) is 16.2 Å². The van der Waals surface area contributed by atoms with Crippen molar-refractivity contribution in [1.82, 2.24) is 0 Å². The second-order valence-corrected chi connectivity index (χ2v) is 11.9. The molecule has 37 heavy (non-hydrogen) atoms. The first-order chi connectivity index (χ1) is 18.0. The van der Waals surface area contributed by atoms with Crippen molar-refractivity contribution in [2.45, 2.75) is 82.8 Å². The van der Waals surface area contributed by atoms with E-state index in [-0.39, 0.29) is 11.4 Å². The predicted octanol–water partition coefficient (Wildman–Crippen LogP) is 9.81. The number of anilines is 2. The van der Waals surface area contributed by atoms with Crippen LogP contribution in [0.3, 0.4) is 0 Å². The van der Waals surface area contributed by atoms with E-state index in [4.69, 9.17) is 0 Å². The van der Waals surface area contributed by atoms with Crippen molar-refractivity contribution in [2.75, 3.05) is 10.2 Å². The number of rotatable bonds is 9. The molecule has 0 saturated heterocycles. The van der Waals surface area contributed by atoms with Crippen LogP contribution >= 0.6 is 11.8 Å². The van der Waals surface area contributed by atoms with Crippen LogP contribution in [-0.2, 0) is 5.75 Å². The second-order valence-electron chi connectivity index (χ2n) is 10.8. The first-order valence-corrected chi connectivity index (χ1v) is 14.9. The Labute approximate surface area is 228 Å². The van der Waals surface area contributed by atoms with Gasteiger partial charge in [0, 0.05) is 17.1 Å². The van der Waals surface area contributed by atoms with Gasteiger partial charge in [-0.15, -0.1) is 11.8 Å². The summed E-state index contributed by atoms with van der Waals surface area (Å²) in [5.41, 5.74) is 5.63. The quantitative estimate of drug-likeness (QED) is 0.288. The van der Waals surface area contributed by atoms with E-state index in [1.54, 1.807) is 0 Å². The lowest BCUT2D eigenvalue weighted by molar-refractivity contribution is 0.252. The molecule has 0 spiro atoms. The van der Waals surface area contributed by atoms with Gasteiger partial charge in [0.25, 0.3) is 0 Å². The number of hydrogen-bond donors (Lipinski definition) is 1. The highest BCUT2D eigenvalue weighted by molar-refractivity contribution is 7.99. The van der Waals surface area contributed by atoms with E-state index in [2.05, 4.69) is 98.6 Å². The van der Waals surface area contributed by atoms with Gasteiger partial charge in [-0.25, -0.2) is 4.79 Å². The Morgan fingerprint density at radius 3 is 1.95 bits per heavy atom. The zero-order valence-electron chi connectivity index (χ0n) is 22.8. The van der Waals surface area contributed by atoms with Crippen molar-refractivity contribution in [3.8, 4) is 0 Å². The molecule has 1 saturated carbocycles. The van der Waals surface area contributed by atoms with E-state index in [9.17, 15) is 4.79 Å². The highest BCUT2D eigenvalue weighted by Crippen LogP contribution is 2.39. The number of thioether (sulfide) groups is 1. The SMILES string of the molecule is CC(C)c1cccc(C(C)C)c1NC(=O)N(c1ccccc1)C(SCc1ccccc1)C1CCCCC1. The summed E-state index contributed by atoms with van der Waals surface area (Å²) in [4.78, 5) is 16.4. The minimum atomic E-state index is -0.0302. The third-order valence-electron chi connectivity index (χ3n) is 7.43. The molecule has 4 heteroatoms. The van der Waals surface area contributed by atoms with Crippen LogP contribution in [0.15, 0.2) is 78.9 Å². The number of urea groups is 1. The zero-order valence-corrected chi connectivity index (χ0v) is 23.6. The van der Waals surface area contributed by atoms with E-state index in [0.717, 1.165) is 17.1 Å². The van der Waals surface area contributed by atoms with Gasteiger partial charge in [-0.05, 0) is 59.4 Å². The van der Waals surface area contributed by atoms with Gasteiger partial charge < -0.3 is 5.32 Å². The van der Waals surface area contributed by atoms with E-state index in [1.165, 1.54) is 48.8 Å². The summed E-state index contributed by atoms with van der Waals surface area (Å²) < 4.78 is 0. The summed E-state index contributed by atoms with van der Waals surface area (Å²) in [6, 6.07) is 27.3. The maximum Gasteiger partial charge on any atom is 0.327 e. The van der Waals surface area contributed by atoms with Gasteiger partial charge in [-0.2, -0.15) is 0 Å². The average Bonchev–Trinajstić information content (AvgIpc) is 2.92. The van der Waals surface area contributed by atoms with Gasteiger partial charge in [-0.1, -0.05) is 114 Å². The lowest BCUT2D eigenvalue weighted by Gasteiger charge is -2.39. The maximum absolute atomic E-state index is 14.4. The molecule has 0 aliphatic heterocycles. The molecule has 1 atom stereocenters. The molecule has 0 bridgehead atoms. The van der Waals surface area contributed by atoms with Gasteiger partial charge in [0.2, 0.25) is 0 Å². The average molecular weight is 515 g/mol. The molecule has 4 rings (SSSR count). The molecule has 3 nitrogen and oxygen atoms in total. The Balaban J connectivity index is 1.72. The van der Waals surface area contributed by atoms with E-state index in [1.807, 2.05) is 30.0 Å². The van der Waals surface area contributed by atoms with Crippen molar-refractivity contribution in [3.63, 3.8) is 0 Å². The molecule has 0 radical (unpaired) electrons. The summed E-state index contributed by atoms with van der Waals surface area (Å²) in [5.74, 6) is 2.00. The fraction of sp³-hybridized carbons (Fsp3) is 0.424. The highest BCUT2D eigenvalue weighted by Gasteiger charge is 2.34. The lowest BCUT2D eigenvalue weighted by Crippen LogP contribution is -2.46. The number of nitrogens with zero attached hydrogens (tertiary/aromatic N) is 1. The largest absolute Gasteiger partial charge is 0.327 e. The Bertz CT molecular complexity index is 1100. The molecule has 1 aliphatic rings. The predicted molar refractivity (Wildman–Crippen MR) is 161 cm³/mol. The second kappa shape index (κ2) is 13.2. The monoisotopic (exact) mass is 514 g/mol. The molecule has 3 aromatic carbocycles. The van der Waals surface area contributed by atoms with Crippen molar-refractivity contribution >= 4 is 29.2 Å². The van der Waals surface area contributed by atoms with Crippen LogP contribution in [0.2, 0.25) is 0 Å². The van der Waals surface area contributed by atoms with Crippen LogP contribution in [0.5, 0.6) is 0 Å². The van der Waals surface area contributed by atoms with Gasteiger partial charge in [0.05, 0.1) is 5.37 Å². The molecular weight excluding hydrogens is 472 g/mol. The van der Waals surface area contributed by atoms with Gasteiger partial charge in [0.1, 0.15) is 0 Å². The third-order valence-corrected chi connectivity index (χ3v) is 8.87. The molecule has 3 aromatic rings. The van der Waals surface area contributed by atoms with Crippen LogP contribution < -0.4 is 10.2 Å². The molecule has 1 unspecified atom stereocenters. The highest BCUT2D eigenvalue weighted by atomic mass is 32.2. The van der Waals surface area contributed by atoms with E-state index >= 15 is 0 Å². The summed E-state index contributed by atoms with van der Waals surface area (Å²) >= 11 is 1.91. The molecule has 196 valence electrons. The Kier molecular flexibility index (Phi) is 9.74. The number of amides is 2. The van der Waals surface area contributed by atoms with Crippen molar-refractivity contribution in [1.29, 1.82) is 0 Å². The van der Waals surface area contributed by atoms with Crippen LogP contribution in [0.1, 0.15) is 88.3 Å². The maximum atomic E-state index is 14.4. The number of para-hydroxylation sites is 2. The number of benzene rings is 3. The van der Waals surface area contributed by atoms with Crippen molar-refractivity contribution < 1.29 is 4.79 Å². The molecule has 0 heterocycles. The van der Waals surface area contributed by atoms with Crippen LogP contribution in [-0.4, -0.2) is 11.4 Å². The van der Waals surface area contributed by atoms with E-state index < -0.39 is 0 Å². The molecule has 2 amide bonds. The minimum absolute atomic E-state index is 0.0302. The minimum Gasteiger partial charge on any atom is -0.307 e. The zero-order chi connectivity index (χ0) is 26.2. The van der Waals surface area contributed by atoms with Crippen LogP contribution in [0, 0.1) is 5.92 Å².